The van der Waals surface area contributed by atoms with Crippen LogP contribution in [0, 0.1) is 0 Å². The summed E-state index contributed by atoms with van der Waals surface area (Å²) in [5, 5.41) is 8.39. The largest absolute Gasteiger partial charge is 1.00 e. The standard InChI is InChI=1S/C5H14NO.C2H2F3NO.BrH/c1-6(2,3)4-5-7;3-2(4,5)1(6)7;/h7H,4-5H2,1-3H3;(H2,6,7);1H/q+1;;/p-1. The number of nitrogens with two attached hydrogens (primary N) is 1. The van der Waals surface area contributed by atoms with Crippen LogP contribution in [0.5, 0.6) is 0 Å². The SMILES string of the molecule is C[N+](C)(C)CCO.NC(=O)C(F)(F)F.[Br-]. The van der Waals surface area contributed by atoms with Crippen molar-refractivity contribution in [2.75, 3.05) is 34.3 Å². The molecule has 0 spiro atoms. The number of aliphatic hydroxyl groups is 1. The van der Waals surface area contributed by atoms with Crippen LogP contribution in [0.15, 0.2) is 0 Å². The Hall–Kier alpha value is -0.340. The maximum absolute atomic E-state index is 10.7. The number of alkyl halides is 3. The molecule has 0 fully saturated rings. The fourth-order valence-electron chi connectivity index (χ4n) is 0.300. The van der Waals surface area contributed by atoms with Gasteiger partial charge in [0.15, 0.2) is 0 Å². The van der Waals surface area contributed by atoms with E-state index in [0.717, 1.165) is 11.0 Å². The highest BCUT2D eigenvalue weighted by Crippen LogP contribution is 2.11. The molecule has 0 aliphatic rings. The molecular formula is C7H16BrF3N2O2. The van der Waals surface area contributed by atoms with Gasteiger partial charge in [-0.1, -0.05) is 0 Å². The number of amides is 1. The van der Waals surface area contributed by atoms with Crippen LogP contribution < -0.4 is 22.7 Å². The molecule has 0 aliphatic heterocycles. The van der Waals surface area contributed by atoms with E-state index in [1.165, 1.54) is 0 Å². The summed E-state index contributed by atoms with van der Waals surface area (Å²) < 4.78 is 33.0. The molecule has 0 bridgehead atoms. The molecule has 0 unspecified atom stereocenters. The first kappa shape index (κ1) is 20.1. The summed E-state index contributed by atoms with van der Waals surface area (Å²) in [5.41, 5.74) is 3.81. The lowest BCUT2D eigenvalue weighted by Gasteiger charge is -2.21. The zero-order valence-electron chi connectivity index (χ0n) is 8.81. The van der Waals surface area contributed by atoms with Gasteiger partial charge in [0.05, 0.1) is 27.7 Å². The molecule has 0 saturated heterocycles. The molecule has 4 nitrogen and oxygen atoms in total. The predicted octanol–water partition coefficient (Wildman–Crippen LogP) is -3.28. The number of halogens is 4. The third-order valence-electron chi connectivity index (χ3n) is 1.05. The topological polar surface area (TPSA) is 63.3 Å². The first-order valence-electron chi connectivity index (χ1n) is 3.78. The van der Waals surface area contributed by atoms with E-state index in [1.807, 2.05) is 0 Å². The monoisotopic (exact) mass is 296 g/mol. The number of hydrogen-bond acceptors (Lipinski definition) is 2. The lowest BCUT2D eigenvalue weighted by atomic mass is 10.5. The summed E-state index contributed by atoms with van der Waals surface area (Å²) in [4.78, 5) is 9.12. The third kappa shape index (κ3) is 19.9. The second-order valence-electron chi connectivity index (χ2n) is 3.60. The molecule has 0 radical (unpaired) electrons. The number of likely N-dealkylation sites (N-methyl/N-ethyl adjacent to an activating group) is 1. The molecule has 0 atom stereocenters. The Kier molecular flexibility index (Phi) is 10.6. The number of carbonyl (C=O) groups excluding carboxylic acids is 1. The van der Waals surface area contributed by atoms with Crippen molar-refractivity contribution in [3.05, 3.63) is 0 Å². The Bertz CT molecular complexity index is 180. The fraction of sp³-hybridized carbons (Fsp3) is 0.857. The highest BCUT2D eigenvalue weighted by Gasteiger charge is 2.35. The molecule has 1 amide bonds. The zero-order valence-corrected chi connectivity index (χ0v) is 10.4. The van der Waals surface area contributed by atoms with E-state index in [9.17, 15) is 13.2 Å². The molecule has 0 heterocycles. The molecule has 0 aliphatic carbocycles. The minimum Gasteiger partial charge on any atom is -1.00 e. The lowest BCUT2D eigenvalue weighted by Crippen LogP contribution is -3.00. The Morgan fingerprint density at radius 1 is 1.33 bits per heavy atom. The van der Waals surface area contributed by atoms with Crippen molar-refractivity contribution in [2.24, 2.45) is 5.73 Å². The third-order valence-corrected chi connectivity index (χ3v) is 1.05. The Labute approximate surface area is 97.2 Å². The van der Waals surface area contributed by atoms with Crippen molar-refractivity contribution in [3.8, 4) is 0 Å². The summed E-state index contributed by atoms with van der Waals surface area (Å²) in [6.07, 6.45) is -4.86. The van der Waals surface area contributed by atoms with Gasteiger partial charge in [0.2, 0.25) is 0 Å². The smallest absolute Gasteiger partial charge is 0.470 e. The van der Waals surface area contributed by atoms with E-state index >= 15 is 0 Å². The number of carbonyl (C=O) groups is 1. The van der Waals surface area contributed by atoms with Gasteiger partial charge in [0.25, 0.3) is 0 Å². The van der Waals surface area contributed by atoms with Crippen molar-refractivity contribution < 1.29 is 44.5 Å². The van der Waals surface area contributed by atoms with E-state index in [-0.39, 0.29) is 23.6 Å². The maximum Gasteiger partial charge on any atom is 0.470 e. The fourth-order valence-corrected chi connectivity index (χ4v) is 0.300. The van der Waals surface area contributed by atoms with Crippen LogP contribution in [0.1, 0.15) is 0 Å². The molecule has 8 heteroatoms. The molecule has 0 aromatic rings. The molecule has 15 heavy (non-hydrogen) atoms. The van der Waals surface area contributed by atoms with Gasteiger partial charge in [0.1, 0.15) is 6.54 Å². The maximum atomic E-state index is 10.7. The number of nitrogens with zero attached hydrogens (tertiary/aromatic N) is 1. The van der Waals surface area contributed by atoms with Gasteiger partial charge >= 0.3 is 12.1 Å². The quantitative estimate of drug-likeness (QED) is 0.525. The van der Waals surface area contributed by atoms with Crippen LogP contribution in [0.2, 0.25) is 0 Å². The predicted molar refractivity (Wildman–Crippen MR) is 45.2 cm³/mol. The van der Waals surface area contributed by atoms with Crippen molar-refractivity contribution >= 4 is 5.91 Å². The second kappa shape index (κ2) is 7.89. The minimum atomic E-state index is -4.86. The van der Waals surface area contributed by atoms with Crippen molar-refractivity contribution in [2.45, 2.75) is 6.18 Å². The van der Waals surface area contributed by atoms with Gasteiger partial charge in [-0.15, -0.1) is 0 Å². The van der Waals surface area contributed by atoms with Gasteiger partial charge in [-0.25, -0.2) is 0 Å². The molecule has 0 aromatic carbocycles. The highest BCUT2D eigenvalue weighted by molar-refractivity contribution is 5.79. The van der Waals surface area contributed by atoms with E-state index in [2.05, 4.69) is 26.9 Å². The molecular weight excluding hydrogens is 281 g/mol. The average Bonchev–Trinajstić information content (AvgIpc) is 1.82. The van der Waals surface area contributed by atoms with E-state index in [1.54, 1.807) is 0 Å². The number of primary amides is 1. The van der Waals surface area contributed by atoms with Crippen LogP contribution in [0.3, 0.4) is 0 Å². The Morgan fingerprint density at radius 3 is 1.60 bits per heavy atom. The van der Waals surface area contributed by atoms with E-state index in [0.29, 0.717) is 0 Å². The normalized spacial score (nSPS) is 10.9. The molecule has 3 N–H and O–H groups in total. The minimum absolute atomic E-state index is 0. The summed E-state index contributed by atoms with van der Waals surface area (Å²) >= 11 is 0. The van der Waals surface area contributed by atoms with Crippen molar-refractivity contribution in [1.29, 1.82) is 0 Å². The van der Waals surface area contributed by atoms with Crippen LogP contribution in [0.4, 0.5) is 13.2 Å². The zero-order chi connectivity index (χ0) is 12.0. The first-order valence-corrected chi connectivity index (χ1v) is 3.78. The lowest BCUT2D eigenvalue weighted by molar-refractivity contribution is -0.870. The van der Waals surface area contributed by atoms with Gasteiger partial charge in [-0.3, -0.25) is 4.79 Å². The summed E-state index contributed by atoms with van der Waals surface area (Å²) in [6, 6.07) is 0. The Morgan fingerprint density at radius 2 is 1.60 bits per heavy atom. The Balaban J connectivity index is -0.000000180. The number of quaternary nitrogens is 1. The van der Waals surface area contributed by atoms with Crippen LogP contribution in [0.25, 0.3) is 0 Å². The molecule has 0 saturated carbocycles. The second-order valence-corrected chi connectivity index (χ2v) is 3.60. The molecule has 0 aromatic heterocycles. The van der Waals surface area contributed by atoms with Crippen molar-refractivity contribution in [3.63, 3.8) is 0 Å². The summed E-state index contributed by atoms with van der Waals surface area (Å²) in [5.74, 6) is -2.26. The van der Waals surface area contributed by atoms with Crippen LogP contribution in [-0.4, -0.2) is 56.0 Å². The molecule has 0 rings (SSSR count). The summed E-state index contributed by atoms with van der Waals surface area (Å²) in [6.45, 7) is 1.11. The van der Waals surface area contributed by atoms with Crippen molar-refractivity contribution in [1.82, 2.24) is 0 Å². The van der Waals surface area contributed by atoms with Gasteiger partial charge < -0.3 is 32.3 Å². The van der Waals surface area contributed by atoms with Gasteiger partial charge in [-0.2, -0.15) is 13.2 Å². The highest BCUT2D eigenvalue weighted by atomic mass is 79.9. The summed E-state index contributed by atoms with van der Waals surface area (Å²) in [7, 11) is 6.16. The first-order chi connectivity index (χ1) is 6.00. The number of rotatable bonds is 2. The van der Waals surface area contributed by atoms with Gasteiger partial charge in [-0.05, 0) is 0 Å². The van der Waals surface area contributed by atoms with Gasteiger partial charge in [0, 0.05) is 0 Å². The van der Waals surface area contributed by atoms with Crippen LogP contribution >= 0.6 is 0 Å². The van der Waals surface area contributed by atoms with E-state index < -0.39 is 12.1 Å². The number of aliphatic hydroxyl groups excluding tert-OH is 1. The van der Waals surface area contributed by atoms with Crippen LogP contribution in [-0.2, 0) is 4.79 Å². The average molecular weight is 297 g/mol. The molecule has 94 valence electrons. The number of hydrogen-bond donors (Lipinski definition) is 2. The van der Waals surface area contributed by atoms with E-state index in [4.69, 9.17) is 9.90 Å².